The highest BCUT2D eigenvalue weighted by molar-refractivity contribution is 7.80. The van der Waals surface area contributed by atoms with Gasteiger partial charge in [0.1, 0.15) is 0 Å². The second kappa shape index (κ2) is 6.07. The molecule has 2 aromatic rings. The molecule has 0 fully saturated rings. The molecule has 2 nitrogen and oxygen atoms in total. The Morgan fingerprint density at radius 1 is 1.33 bits per heavy atom. The summed E-state index contributed by atoms with van der Waals surface area (Å²) in [4.78, 5) is 13.4. The molecular formula is C14H15NOS2. The van der Waals surface area contributed by atoms with Crippen molar-refractivity contribution in [2.45, 2.75) is 24.8 Å². The van der Waals surface area contributed by atoms with Crippen LogP contribution >= 0.6 is 24.0 Å². The number of thiol groups is 1. The molecule has 0 unspecified atom stereocenters. The van der Waals surface area contributed by atoms with Gasteiger partial charge in [0, 0.05) is 16.8 Å². The largest absolute Gasteiger partial charge is 0.347 e. The summed E-state index contributed by atoms with van der Waals surface area (Å²) in [6.07, 6.45) is 0.978. The predicted octanol–water partition coefficient (Wildman–Crippen LogP) is 3.53. The molecule has 0 spiro atoms. The maximum atomic E-state index is 11.9. The number of nitrogens with one attached hydrogen (secondary N) is 1. The van der Waals surface area contributed by atoms with Gasteiger partial charge in [0.15, 0.2) is 0 Å². The van der Waals surface area contributed by atoms with E-state index in [-0.39, 0.29) is 5.91 Å². The van der Waals surface area contributed by atoms with Crippen LogP contribution in [0.4, 0.5) is 0 Å². The van der Waals surface area contributed by atoms with E-state index in [1.54, 1.807) is 6.07 Å². The smallest absolute Gasteiger partial charge is 0.261 e. The lowest BCUT2D eigenvalue weighted by atomic mass is 10.1. The van der Waals surface area contributed by atoms with E-state index < -0.39 is 0 Å². The first-order chi connectivity index (χ1) is 8.70. The van der Waals surface area contributed by atoms with Crippen molar-refractivity contribution < 1.29 is 4.79 Å². The Balaban J connectivity index is 2.01. The van der Waals surface area contributed by atoms with Crippen LogP contribution in [0.3, 0.4) is 0 Å². The predicted molar refractivity (Wildman–Crippen MR) is 78.6 cm³/mol. The van der Waals surface area contributed by atoms with Gasteiger partial charge in [0.2, 0.25) is 0 Å². The van der Waals surface area contributed by atoms with E-state index in [0.717, 1.165) is 11.3 Å². The minimum absolute atomic E-state index is 0.0359. The zero-order valence-corrected chi connectivity index (χ0v) is 11.9. The first kappa shape index (κ1) is 13.2. The van der Waals surface area contributed by atoms with Crippen LogP contribution in [0.5, 0.6) is 0 Å². The third-order valence-electron chi connectivity index (χ3n) is 2.75. The molecule has 2 rings (SSSR count). The quantitative estimate of drug-likeness (QED) is 0.823. The highest BCUT2D eigenvalue weighted by atomic mass is 32.1. The van der Waals surface area contributed by atoms with Gasteiger partial charge in [0.05, 0.1) is 4.88 Å². The summed E-state index contributed by atoms with van der Waals surface area (Å²) in [5, 5.41) is 4.80. The van der Waals surface area contributed by atoms with Crippen molar-refractivity contribution in [1.29, 1.82) is 0 Å². The molecule has 4 heteroatoms. The second-order valence-corrected chi connectivity index (χ2v) is 5.40. The molecule has 94 valence electrons. The number of benzene rings is 1. The molecule has 1 heterocycles. The number of carbonyl (C=O) groups is 1. The standard InChI is InChI=1S/C14H15NOS2/c1-2-10-5-3-4-6-11(10)8-15-14(16)13-7-12(17)9-18-13/h3-7,9,17H,2,8H2,1H3,(H,15,16). The maximum Gasteiger partial charge on any atom is 0.261 e. The maximum absolute atomic E-state index is 11.9. The van der Waals surface area contributed by atoms with Crippen molar-refractivity contribution in [2.75, 3.05) is 0 Å². The fourth-order valence-corrected chi connectivity index (χ4v) is 2.85. The Morgan fingerprint density at radius 3 is 2.67 bits per heavy atom. The van der Waals surface area contributed by atoms with Gasteiger partial charge in [0.25, 0.3) is 5.91 Å². The fraction of sp³-hybridized carbons (Fsp3) is 0.214. The minimum atomic E-state index is -0.0359. The fourth-order valence-electron chi connectivity index (χ4n) is 1.78. The lowest BCUT2D eigenvalue weighted by Crippen LogP contribution is -2.22. The minimum Gasteiger partial charge on any atom is -0.347 e. The van der Waals surface area contributed by atoms with E-state index in [4.69, 9.17) is 0 Å². The molecule has 0 aliphatic heterocycles. The van der Waals surface area contributed by atoms with Crippen molar-refractivity contribution in [2.24, 2.45) is 0 Å². The topological polar surface area (TPSA) is 29.1 Å². The van der Waals surface area contributed by atoms with Crippen LogP contribution in [0.25, 0.3) is 0 Å². The van der Waals surface area contributed by atoms with Crippen LogP contribution in [0.15, 0.2) is 40.6 Å². The summed E-state index contributed by atoms with van der Waals surface area (Å²) in [6.45, 7) is 2.69. The van der Waals surface area contributed by atoms with Crippen LogP contribution < -0.4 is 5.32 Å². The zero-order chi connectivity index (χ0) is 13.0. The molecule has 1 N–H and O–H groups in total. The summed E-state index contributed by atoms with van der Waals surface area (Å²) >= 11 is 5.61. The Bertz CT molecular complexity index is 548. The molecule has 0 atom stereocenters. The monoisotopic (exact) mass is 277 g/mol. The van der Waals surface area contributed by atoms with E-state index in [2.05, 4.69) is 37.0 Å². The van der Waals surface area contributed by atoms with Crippen molar-refractivity contribution in [3.05, 3.63) is 51.7 Å². The Morgan fingerprint density at radius 2 is 2.06 bits per heavy atom. The Labute approximate surface area is 116 Å². The molecule has 1 amide bonds. The van der Waals surface area contributed by atoms with Gasteiger partial charge < -0.3 is 5.32 Å². The SMILES string of the molecule is CCc1ccccc1CNC(=O)c1cc(S)cs1. The van der Waals surface area contributed by atoms with E-state index >= 15 is 0 Å². The normalized spacial score (nSPS) is 10.3. The van der Waals surface area contributed by atoms with Crippen LogP contribution in [0.2, 0.25) is 0 Å². The zero-order valence-electron chi connectivity index (χ0n) is 10.1. The Kier molecular flexibility index (Phi) is 4.44. The first-order valence-electron chi connectivity index (χ1n) is 5.83. The molecule has 0 radical (unpaired) electrons. The van der Waals surface area contributed by atoms with Crippen molar-refractivity contribution in [1.82, 2.24) is 5.32 Å². The molecule has 0 aliphatic rings. The first-order valence-corrected chi connectivity index (χ1v) is 7.16. The summed E-state index contributed by atoms with van der Waals surface area (Å²) in [5.74, 6) is -0.0359. The summed E-state index contributed by atoms with van der Waals surface area (Å²) < 4.78 is 0. The van der Waals surface area contributed by atoms with Crippen molar-refractivity contribution in [3.63, 3.8) is 0 Å². The number of amides is 1. The number of carbonyl (C=O) groups excluding carboxylic acids is 1. The average Bonchev–Trinajstić information content (AvgIpc) is 2.83. The molecule has 18 heavy (non-hydrogen) atoms. The lowest BCUT2D eigenvalue weighted by Gasteiger charge is -2.08. The van der Waals surface area contributed by atoms with Crippen molar-refractivity contribution >= 4 is 29.9 Å². The van der Waals surface area contributed by atoms with E-state index in [1.807, 2.05) is 17.5 Å². The van der Waals surface area contributed by atoms with Gasteiger partial charge in [-0.25, -0.2) is 0 Å². The van der Waals surface area contributed by atoms with Crippen LogP contribution in [0.1, 0.15) is 27.7 Å². The third-order valence-corrected chi connectivity index (χ3v) is 4.11. The number of thiophene rings is 1. The van der Waals surface area contributed by atoms with E-state index in [1.165, 1.54) is 22.5 Å². The Hall–Kier alpha value is -1.26. The molecule has 1 aromatic carbocycles. The number of rotatable bonds is 4. The molecule has 0 aliphatic carbocycles. The van der Waals surface area contributed by atoms with Gasteiger partial charge in [-0.05, 0) is 23.6 Å². The summed E-state index contributed by atoms with van der Waals surface area (Å²) in [5.41, 5.74) is 2.45. The molecule has 0 saturated carbocycles. The molecule has 0 bridgehead atoms. The lowest BCUT2D eigenvalue weighted by molar-refractivity contribution is 0.0955. The third kappa shape index (κ3) is 3.15. The molecule has 1 aromatic heterocycles. The van der Waals surface area contributed by atoms with Gasteiger partial charge in [-0.3, -0.25) is 4.79 Å². The number of aryl methyl sites for hydroxylation is 1. The van der Waals surface area contributed by atoms with E-state index in [0.29, 0.717) is 11.4 Å². The summed E-state index contributed by atoms with van der Waals surface area (Å²) in [7, 11) is 0. The second-order valence-electron chi connectivity index (χ2n) is 3.97. The van der Waals surface area contributed by atoms with E-state index in [9.17, 15) is 4.79 Å². The summed E-state index contributed by atoms with van der Waals surface area (Å²) in [6, 6.07) is 9.96. The van der Waals surface area contributed by atoms with Gasteiger partial charge >= 0.3 is 0 Å². The van der Waals surface area contributed by atoms with Crippen LogP contribution in [-0.2, 0) is 13.0 Å². The van der Waals surface area contributed by atoms with Gasteiger partial charge in [-0.15, -0.1) is 24.0 Å². The average molecular weight is 277 g/mol. The highest BCUT2D eigenvalue weighted by Crippen LogP contribution is 2.17. The van der Waals surface area contributed by atoms with Crippen LogP contribution in [-0.4, -0.2) is 5.91 Å². The van der Waals surface area contributed by atoms with Gasteiger partial charge in [-0.2, -0.15) is 0 Å². The van der Waals surface area contributed by atoms with Crippen LogP contribution in [0, 0.1) is 0 Å². The van der Waals surface area contributed by atoms with Crippen molar-refractivity contribution in [3.8, 4) is 0 Å². The number of hydrogen-bond donors (Lipinski definition) is 2. The highest BCUT2D eigenvalue weighted by Gasteiger charge is 2.08. The van der Waals surface area contributed by atoms with Gasteiger partial charge in [-0.1, -0.05) is 31.2 Å². The molecule has 0 saturated heterocycles. The molecular weight excluding hydrogens is 262 g/mol. The number of hydrogen-bond acceptors (Lipinski definition) is 3.